The van der Waals surface area contributed by atoms with Crippen molar-refractivity contribution in [2.45, 2.75) is 13.8 Å². The van der Waals surface area contributed by atoms with Gasteiger partial charge < -0.3 is 16.0 Å². The molecule has 1 aromatic carbocycles. The summed E-state index contributed by atoms with van der Waals surface area (Å²) in [4.78, 5) is 25.2. The van der Waals surface area contributed by atoms with Gasteiger partial charge in [0, 0.05) is 36.9 Å². The Morgan fingerprint density at radius 3 is 2.67 bits per heavy atom. The Kier molecular flexibility index (Phi) is 5.16. The van der Waals surface area contributed by atoms with E-state index in [1.54, 1.807) is 4.90 Å². The van der Waals surface area contributed by atoms with Crippen LogP contribution < -0.4 is 20.9 Å². The summed E-state index contributed by atoms with van der Waals surface area (Å²) in [5.41, 5.74) is 1.58. The zero-order chi connectivity index (χ0) is 15.2. The molecule has 21 heavy (non-hydrogen) atoms. The minimum atomic E-state index is -0.0889. The molecule has 1 saturated heterocycles. The second-order valence-corrected chi connectivity index (χ2v) is 5.13. The van der Waals surface area contributed by atoms with Crippen LogP contribution in [-0.4, -0.2) is 38.1 Å². The number of carbonyl (C=O) groups excluding carboxylic acids is 2. The van der Waals surface area contributed by atoms with Crippen LogP contribution in [0.25, 0.3) is 0 Å². The molecular weight excluding hydrogens is 268 g/mol. The molecule has 1 aromatic rings. The van der Waals surface area contributed by atoms with Crippen LogP contribution in [-0.2, 0) is 4.79 Å². The molecule has 6 heteroatoms. The van der Waals surface area contributed by atoms with Crippen molar-refractivity contribution in [1.29, 1.82) is 0 Å². The molecule has 0 aliphatic carbocycles. The van der Waals surface area contributed by atoms with E-state index >= 15 is 0 Å². The van der Waals surface area contributed by atoms with Gasteiger partial charge in [-0.3, -0.25) is 9.69 Å². The van der Waals surface area contributed by atoms with E-state index in [-0.39, 0.29) is 17.9 Å². The van der Waals surface area contributed by atoms with Crippen LogP contribution in [0.4, 0.5) is 16.2 Å². The van der Waals surface area contributed by atoms with E-state index in [1.165, 1.54) is 0 Å². The van der Waals surface area contributed by atoms with Crippen LogP contribution in [0, 0.1) is 5.92 Å². The Labute approximate surface area is 124 Å². The van der Waals surface area contributed by atoms with Crippen LogP contribution in [0.2, 0.25) is 0 Å². The predicted octanol–water partition coefficient (Wildman–Crippen LogP) is 1.40. The first-order chi connectivity index (χ1) is 10.1. The highest BCUT2D eigenvalue weighted by Crippen LogP contribution is 2.19. The van der Waals surface area contributed by atoms with E-state index < -0.39 is 0 Å². The lowest BCUT2D eigenvalue weighted by Gasteiger charge is -2.16. The predicted molar refractivity (Wildman–Crippen MR) is 83.5 cm³/mol. The van der Waals surface area contributed by atoms with Crippen LogP contribution in [0.1, 0.15) is 13.8 Å². The van der Waals surface area contributed by atoms with Crippen molar-refractivity contribution in [3.8, 4) is 0 Å². The average Bonchev–Trinajstić information content (AvgIpc) is 2.91. The van der Waals surface area contributed by atoms with E-state index in [4.69, 9.17) is 0 Å². The minimum Gasteiger partial charge on any atom is -0.336 e. The van der Waals surface area contributed by atoms with E-state index in [9.17, 15) is 9.59 Å². The second kappa shape index (κ2) is 7.08. The summed E-state index contributed by atoms with van der Waals surface area (Å²) in [5, 5.41) is 8.80. The maximum absolute atomic E-state index is 12.0. The Morgan fingerprint density at radius 1 is 1.38 bits per heavy atom. The molecule has 1 heterocycles. The van der Waals surface area contributed by atoms with Crippen molar-refractivity contribution in [1.82, 2.24) is 10.6 Å². The lowest BCUT2D eigenvalue weighted by Crippen LogP contribution is -2.30. The lowest BCUT2D eigenvalue weighted by atomic mass is 10.1. The molecule has 0 radical (unpaired) electrons. The Morgan fingerprint density at radius 2 is 2.10 bits per heavy atom. The van der Waals surface area contributed by atoms with Crippen molar-refractivity contribution in [3.05, 3.63) is 24.3 Å². The Balaban J connectivity index is 1.93. The zero-order valence-corrected chi connectivity index (χ0v) is 12.5. The molecule has 2 rings (SSSR count). The van der Waals surface area contributed by atoms with Crippen LogP contribution in [0.5, 0.6) is 0 Å². The summed E-state index contributed by atoms with van der Waals surface area (Å²) in [6.45, 7) is 6.75. The van der Waals surface area contributed by atoms with Crippen LogP contribution in [0.15, 0.2) is 24.3 Å². The number of amides is 3. The zero-order valence-electron chi connectivity index (χ0n) is 12.5. The maximum atomic E-state index is 12.0. The van der Waals surface area contributed by atoms with Crippen LogP contribution in [0.3, 0.4) is 0 Å². The van der Waals surface area contributed by atoms with Gasteiger partial charge in [-0.15, -0.1) is 0 Å². The number of urea groups is 1. The molecule has 114 valence electrons. The van der Waals surface area contributed by atoms with Crippen molar-refractivity contribution in [2.75, 3.05) is 36.4 Å². The number of hydrogen-bond donors (Lipinski definition) is 3. The molecule has 1 aliphatic heterocycles. The molecule has 0 aromatic heterocycles. The number of nitrogens with one attached hydrogen (secondary N) is 3. The molecule has 3 N–H and O–H groups in total. The summed E-state index contributed by atoms with van der Waals surface area (Å²) in [7, 11) is 0. The molecule has 0 spiro atoms. The van der Waals surface area contributed by atoms with Gasteiger partial charge in [-0.2, -0.15) is 0 Å². The topological polar surface area (TPSA) is 73.5 Å². The molecule has 1 fully saturated rings. The molecule has 1 aliphatic rings. The van der Waals surface area contributed by atoms with Gasteiger partial charge in [0.15, 0.2) is 0 Å². The van der Waals surface area contributed by atoms with Gasteiger partial charge in [-0.1, -0.05) is 13.8 Å². The fourth-order valence-corrected chi connectivity index (χ4v) is 2.16. The summed E-state index contributed by atoms with van der Waals surface area (Å²) in [5.74, 6) is -0.100. The first kappa shape index (κ1) is 15.3. The molecule has 1 atom stereocenters. The summed E-state index contributed by atoms with van der Waals surface area (Å²) in [6.07, 6.45) is 0. The normalized spacial score (nSPS) is 15.7. The third-order valence-electron chi connectivity index (χ3n) is 3.45. The van der Waals surface area contributed by atoms with Crippen molar-refractivity contribution in [2.24, 2.45) is 5.92 Å². The van der Waals surface area contributed by atoms with Gasteiger partial charge in [0.25, 0.3) is 0 Å². The molecule has 6 nitrogen and oxygen atoms in total. The molecule has 0 bridgehead atoms. The maximum Gasteiger partial charge on any atom is 0.321 e. The van der Waals surface area contributed by atoms with E-state index in [1.807, 2.05) is 38.1 Å². The highest BCUT2D eigenvalue weighted by molar-refractivity contribution is 5.95. The highest BCUT2D eigenvalue weighted by Gasteiger charge is 2.21. The van der Waals surface area contributed by atoms with E-state index in [0.29, 0.717) is 19.6 Å². The number of benzene rings is 1. The summed E-state index contributed by atoms with van der Waals surface area (Å²) < 4.78 is 0. The number of carbonyl (C=O) groups is 2. The highest BCUT2D eigenvalue weighted by atomic mass is 16.2. The van der Waals surface area contributed by atoms with E-state index in [2.05, 4.69) is 16.0 Å². The second-order valence-electron chi connectivity index (χ2n) is 5.13. The Hall–Kier alpha value is -2.08. The van der Waals surface area contributed by atoms with Crippen LogP contribution >= 0.6 is 0 Å². The van der Waals surface area contributed by atoms with Gasteiger partial charge in [0.2, 0.25) is 5.91 Å². The number of hydrogen-bond acceptors (Lipinski definition) is 3. The first-order valence-corrected chi connectivity index (χ1v) is 7.29. The fraction of sp³-hybridized carbons (Fsp3) is 0.467. The molecular formula is C15H22N4O2. The largest absolute Gasteiger partial charge is 0.336 e. The summed E-state index contributed by atoms with van der Waals surface area (Å²) in [6, 6.07) is 7.24. The first-order valence-electron chi connectivity index (χ1n) is 7.29. The quantitative estimate of drug-likeness (QED) is 0.741. The molecule has 1 unspecified atom stereocenters. The smallest absolute Gasteiger partial charge is 0.321 e. The SMILES string of the molecule is CCNCC(C)C(=O)Nc1ccc(N2CCNC2=O)cc1. The van der Waals surface area contributed by atoms with Crippen molar-refractivity contribution in [3.63, 3.8) is 0 Å². The summed E-state index contributed by atoms with van der Waals surface area (Å²) >= 11 is 0. The van der Waals surface area contributed by atoms with Gasteiger partial charge in [0.1, 0.15) is 0 Å². The van der Waals surface area contributed by atoms with Gasteiger partial charge in [0.05, 0.1) is 0 Å². The molecule has 3 amide bonds. The number of nitrogens with zero attached hydrogens (tertiary/aromatic N) is 1. The van der Waals surface area contributed by atoms with Gasteiger partial charge >= 0.3 is 6.03 Å². The Bertz CT molecular complexity index is 501. The minimum absolute atomic E-state index is 0.0115. The van der Waals surface area contributed by atoms with Crippen molar-refractivity contribution < 1.29 is 9.59 Å². The fourth-order valence-electron chi connectivity index (χ4n) is 2.16. The lowest BCUT2D eigenvalue weighted by molar-refractivity contribution is -0.119. The third kappa shape index (κ3) is 3.95. The van der Waals surface area contributed by atoms with Gasteiger partial charge in [-0.05, 0) is 30.8 Å². The average molecular weight is 290 g/mol. The van der Waals surface area contributed by atoms with Gasteiger partial charge in [-0.25, -0.2) is 4.79 Å². The number of rotatable bonds is 6. The standard InChI is InChI=1S/C15H22N4O2/c1-3-16-10-11(2)14(20)18-12-4-6-13(7-5-12)19-9-8-17-15(19)21/h4-7,11,16H,3,8-10H2,1-2H3,(H,17,21)(H,18,20). The molecule has 0 saturated carbocycles. The number of anilines is 2. The van der Waals surface area contributed by atoms with Crippen molar-refractivity contribution >= 4 is 23.3 Å². The third-order valence-corrected chi connectivity index (χ3v) is 3.45. The van der Waals surface area contributed by atoms with E-state index in [0.717, 1.165) is 17.9 Å². The monoisotopic (exact) mass is 290 g/mol.